The SMILES string of the molecule is Cc1sc(N/N=C/c2ccco2)nc1-c1ccc(Cl)cc1.[Br-]. The maximum atomic E-state index is 5.90. The van der Waals surface area contributed by atoms with Crippen molar-refractivity contribution in [2.45, 2.75) is 6.92 Å². The van der Waals surface area contributed by atoms with Crippen LogP contribution in [0.25, 0.3) is 11.3 Å². The second-order valence-corrected chi connectivity index (χ2v) is 5.96. The van der Waals surface area contributed by atoms with E-state index in [1.165, 1.54) is 0 Å². The first-order valence-electron chi connectivity index (χ1n) is 6.28. The second kappa shape index (κ2) is 7.58. The average Bonchev–Trinajstić information content (AvgIpc) is 3.10. The number of hydrazone groups is 1. The Morgan fingerprint density at radius 1 is 1.27 bits per heavy atom. The summed E-state index contributed by atoms with van der Waals surface area (Å²) in [6, 6.07) is 11.3. The Labute approximate surface area is 147 Å². The minimum absolute atomic E-state index is 0. The van der Waals surface area contributed by atoms with Gasteiger partial charge in [-0.05, 0) is 31.2 Å². The van der Waals surface area contributed by atoms with Crippen LogP contribution in [0.1, 0.15) is 10.6 Å². The molecule has 0 fully saturated rings. The van der Waals surface area contributed by atoms with Crippen molar-refractivity contribution in [1.29, 1.82) is 0 Å². The second-order valence-electron chi connectivity index (χ2n) is 4.32. The van der Waals surface area contributed by atoms with Gasteiger partial charge in [0.2, 0.25) is 5.13 Å². The van der Waals surface area contributed by atoms with E-state index in [9.17, 15) is 0 Å². The number of aryl methyl sites for hydroxylation is 1. The number of benzene rings is 1. The molecule has 3 aromatic rings. The number of thiazole rings is 1. The van der Waals surface area contributed by atoms with Crippen molar-refractivity contribution in [3.63, 3.8) is 0 Å². The van der Waals surface area contributed by atoms with E-state index in [0.29, 0.717) is 10.8 Å². The zero-order valence-corrected chi connectivity index (χ0v) is 14.7. The number of aromatic nitrogens is 1. The molecule has 0 aliphatic rings. The lowest BCUT2D eigenvalue weighted by atomic mass is 10.1. The Morgan fingerprint density at radius 2 is 2.05 bits per heavy atom. The smallest absolute Gasteiger partial charge is 0.204 e. The van der Waals surface area contributed by atoms with E-state index in [1.54, 1.807) is 23.8 Å². The molecule has 0 saturated heterocycles. The number of furan rings is 1. The van der Waals surface area contributed by atoms with Gasteiger partial charge in [-0.15, -0.1) is 11.3 Å². The molecule has 0 amide bonds. The summed E-state index contributed by atoms with van der Waals surface area (Å²) in [5.41, 5.74) is 4.89. The predicted octanol–water partition coefficient (Wildman–Crippen LogP) is 1.81. The largest absolute Gasteiger partial charge is 1.00 e. The number of hydrogen-bond acceptors (Lipinski definition) is 5. The van der Waals surface area contributed by atoms with Crippen molar-refractivity contribution in [3.05, 3.63) is 58.3 Å². The lowest BCUT2D eigenvalue weighted by Crippen LogP contribution is -3.00. The summed E-state index contributed by atoms with van der Waals surface area (Å²) in [4.78, 5) is 5.67. The molecule has 0 spiro atoms. The summed E-state index contributed by atoms with van der Waals surface area (Å²) in [6.45, 7) is 2.03. The van der Waals surface area contributed by atoms with Gasteiger partial charge in [0.15, 0.2) is 0 Å². The van der Waals surface area contributed by atoms with Crippen LogP contribution in [0.15, 0.2) is 52.2 Å². The monoisotopic (exact) mass is 396 g/mol. The number of nitrogens with zero attached hydrogens (tertiary/aromatic N) is 2. The lowest BCUT2D eigenvalue weighted by molar-refractivity contribution is -0.00000451. The third-order valence-corrected chi connectivity index (χ3v) is 3.94. The van der Waals surface area contributed by atoms with Crippen LogP contribution in [0.3, 0.4) is 0 Å². The molecule has 22 heavy (non-hydrogen) atoms. The molecule has 0 unspecified atom stereocenters. The molecule has 7 heteroatoms. The van der Waals surface area contributed by atoms with E-state index < -0.39 is 0 Å². The first-order valence-corrected chi connectivity index (χ1v) is 7.48. The number of anilines is 1. The Morgan fingerprint density at radius 3 is 2.73 bits per heavy atom. The zero-order chi connectivity index (χ0) is 14.7. The highest BCUT2D eigenvalue weighted by atomic mass is 79.9. The summed E-state index contributed by atoms with van der Waals surface area (Å²) in [5.74, 6) is 0.689. The van der Waals surface area contributed by atoms with Crippen LogP contribution < -0.4 is 22.4 Å². The Bertz CT molecular complexity index is 754. The van der Waals surface area contributed by atoms with Crippen molar-refractivity contribution >= 4 is 34.3 Å². The summed E-state index contributed by atoms with van der Waals surface area (Å²) in [7, 11) is 0. The fourth-order valence-corrected chi connectivity index (χ4v) is 2.75. The average molecular weight is 398 g/mol. The van der Waals surface area contributed by atoms with E-state index in [1.807, 2.05) is 43.3 Å². The predicted molar refractivity (Wildman–Crippen MR) is 87.2 cm³/mol. The van der Waals surface area contributed by atoms with Crippen molar-refractivity contribution in [2.24, 2.45) is 5.10 Å². The zero-order valence-electron chi connectivity index (χ0n) is 11.6. The number of halogens is 2. The molecule has 2 aromatic heterocycles. The van der Waals surface area contributed by atoms with Crippen LogP contribution in [0, 0.1) is 6.92 Å². The van der Waals surface area contributed by atoms with Crippen LogP contribution >= 0.6 is 22.9 Å². The molecule has 1 N–H and O–H groups in total. The van der Waals surface area contributed by atoms with Crippen molar-refractivity contribution in [3.8, 4) is 11.3 Å². The third kappa shape index (κ3) is 3.97. The first kappa shape index (κ1) is 16.7. The Balaban J connectivity index is 0.00000176. The summed E-state index contributed by atoms with van der Waals surface area (Å²) in [6.07, 6.45) is 3.21. The van der Waals surface area contributed by atoms with Gasteiger partial charge in [-0.1, -0.05) is 23.7 Å². The van der Waals surface area contributed by atoms with Gasteiger partial charge in [0, 0.05) is 15.5 Å². The van der Waals surface area contributed by atoms with Gasteiger partial charge in [-0.3, -0.25) is 5.43 Å². The molecule has 0 bridgehead atoms. The highest BCUT2D eigenvalue weighted by Gasteiger charge is 2.09. The van der Waals surface area contributed by atoms with Gasteiger partial charge in [0.25, 0.3) is 0 Å². The van der Waals surface area contributed by atoms with Crippen molar-refractivity contribution < 1.29 is 21.4 Å². The first-order chi connectivity index (χ1) is 10.2. The Hall–Kier alpha value is -1.63. The number of rotatable bonds is 4. The lowest BCUT2D eigenvalue weighted by Gasteiger charge is -1.98. The molecule has 1 aromatic carbocycles. The van der Waals surface area contributed by atoms with Gasteiger partial charge in [0.05, 0.1) is 18.2 Å². The van der Waals surface area contributed by atoms with Gasteiger partial charge >= 0.3 is 0 Å². The molecule has 2 heterocycles. The van der Waals surface area contributed by atoms with E-state index in [2.05, 4.69) is 15.5 Å². The molecular formula is C15H12BrClN3OS-. The molecular weight excluding hydrogens is 386 g/mol. The maximum absolute atomic E-state index is 5.90. The number of hydrogen-bond donors (Lipinski definition) is 1. The van der Waals surface area contributed by atoms with Crippen molar-refractivity contribution in [2.75, 3.05) is 5.43 Å². The van der Waals surface area contributed by atoms with Crippen LogP contribution in [-0.2, 0) is 0 Å². The summed E-state index contributed by atoms with van der Waals surface area (Å²) < 4.78 is 5.16. The fraction of sp³-hybridized carbons (Fsp3) is 0.0667. The molecule has 0 aliphatic carbocycles. The van der Waals surface area contributed by atoms with Gasteiger partial charge < -0.3 is 21.4 Å². The van der Waals surface area contributed by atoms with Crippen molar-refractivity contribution in [1.82, 2.24) is 4.98 Å². The van der Waals surface area contributed by atoms with Crippen LogP contribution in [0.2, 0.25) is 5.02 Å². The minimum Gasteiger partial charge on any atom is -1.00 e. The molecule has 0 radical (unpaired) electrons. The fourth-order valence-electron chi connectivity index (χ4n) is 1.84. The van der Waals surface area contributed by atoms with E-state index >= 15 is 0 Å². The topological polar surface area (TPSA) is 50.4 Å². The maximum Gasteiger partial charge on any atom is 0.204 e. The van der Waals surface area contributed by atoms with Crippen LogP contribution in [0.4, 0.5) is 5.13 Å². The number of nitrogens with one attached hydrogen (secondary N) is 1. The quantitative estimate of drug-likeness (QED) is 0.540. The molecule has 114 valence electrons. The molecule has 0 aliphatic heterocycles. The standard InChI is InChI=1S/C15H12ClN3OS.BrH/c1-10-14(11-4-6-12(16)7-5-11)18-15(21-10)19-17-9-13-3-2-8-20-13;/h2-9H,1H3,(H,18,19);1H/p-1/b17-9+;. The van der Waals surface area contributed by atoms with Crippen LogP contribution in [0.5, 0.6) is 0 Å². The van der Waals surface area contributed by atoms with E-state index in [0.717, 1.165) is 21.3 Å². The highest BCUT2D eigenvalue weighted by Crippen LogP contribution is 2.30. The molecule has 0 atom stereocenters. The minimum atomic E-state index is 0. The third-order valence-electron chi connectivity index (χ3n) is 2.81. The van der Waals surface area contributed by atoms with Gasteiger partial charge in [-0.25, -0.2) is 4.98 Å². The molecule has 3 rings (SSSR count). The van der Waals surface area contributed by atoms with Crippen LogP contribution in [-0.4, -0.2) is 11.2 Å². The van der Waals surface area contributed by atoms with E-state index in [4.69, 9.17) is 16.0 Å². The molecule has 4 nitrogen and oxygen atoms in total. The normalized spacial score (nSPS) is 10.6. The van der Waals surface area contributed by atoms with Gasteiger partial charge in [-0.2, -0.15) is 5.10 Å². The molecule has 0 saturated carbocycles. The van der Waals surface area contributed by atoms with Gasteiger partial charge in [0.1, 0.15) is 5.76 Å². The Kier molecular flexibility index (Phi) is 5.76. The summed E-state index contributed by atoms with van der Waals surface area (Å²) >= 11 is 7.45. The summed E-state index contributed by atoms with van der Waals surface area (Å²) in [5, 5.41) is 5.56. The van der Waals surface area contributed by atoms with E-state index in [-0.39, 0.29) is 17.0 Å². The highest BCUT2D eigenvalue weighted by molar-refractivity contribution is 7.15.